The molecule has 0 aliphatic heterocycles. The maximum Gasteiger partial charge on any atom is 0.222 e. The van der Waals surface area contributed by atoms with E-state index in [1.807, 2.05) is 54.6 Å². The number of rotatable bonds is 8. The highest BCUT2D eigenvalue weighted by molar-refractivity contribution is 14.0. The third-order valence-corrected chi connectivity index (χ3v) is 4.21. The summed E-state index contributed by atoms with van der Waals surface area (Å²) >= 11 is 6.15. The smallest absolute Gasteiger partial charge is 0.222 e. The Hall–Kier alpha value is -1.80. The van der Waals surface area contributed by atoms with Gasteiger partial charge in [-0.2, -0.15) is 0 Å². The zero-order valence-electron chi connectivity index (χ0n) is 15.4. The highest BCUT2D eigenvalue weighted by atomic mass is 127. The first-order valence-corrected chi connectivity index (χ1v) is 9.05. The van der Waals surface area contributed by atoms with Crippen molar-refractivity contribution in [1.29, 1.82) is 0 Å². The topological polar surface area (TPSA) is 65.5 Å². The number of halogens is 2. The number of amides is 1. The zero-order chi connectivity index (χ0) is 18.6. The lowest BCUT2D eigenvalue weighted by atomic mass is 10.1. The van der Waals surface area contributed by atoms with Crippen molar-refractivity contribution in [3.8, 4) is 0 Å². The van der Waals surface area contributed by atoms with Crippen molar-refractivity contribution in [3.05, 3.63) is 70.7 Å². The Balaban J connectivity index is 0.00000364. The van der Waals surface area contributed by atoms with Crippen LogP contribution in [0, 0.1) is 0 Å². The van der Waals surface area contributed by atoms with E-state index in [-0.39, 0.29) is 29.9 Å². The zero-order valence-corrected chi connectivity index (χ0v) is 18.5. The molecule has 0 bridgehead atoms. The van der Waals surface area contributed by atoms with E-state index in [9.17, 15) is 4.79 Å². The van der Waals surface area contributed by atoms with Gasteiger partial charge in [-0.15, -0.1) is 24.0 Å². The molecule has 0 fully saturated rings. The Bertz CT molecular complexity index is 725. The molecule has 7 heteroatoms. The molecule has 5 nitrogen and oxygen atoms in total. The van der Waals surface area contributed by atoms with Crippen molar-refractivity contribution in [2.45, 2.75) is 19.4 Å². The summed E-state index contributed by atoms with van der Waals surface area (Å²) in [6.45, 7) is 1.78. The van der Waals surface area contributed by atoms with E-state index in [0.29, 0.717) is 32.0 Å². The number of hydrogen-bond acceptors (Lipinski definition) is 2. The average Bonchev–Trinajstić information content (AvgIpc) is 2.67. The van der Waals surface area contributed by atoms with Crippen molar-refractivity contribution < 1.29 is 4.79 Å². The minimum atomic E-state index is 0. The van der Waals surface area contributed by atoms with Gasteiger partial charge >= 0.3 is 0 Å². The third kappa shape index (κ3) is 9.10. The molecule has 0 saturated heterocycles. The molecular formula is C20H26ClIN4O. The van der Waals surface area contributed by atoms with E-state index in [2.05, 4.69) is 20.9 Å². The van der Waals surface area contributed by atoms with Gasteiger partial charge in [0.05, 0.1) is 0 Å². The molecule has 0 aromatic heterocycles. The van der Waals surface area contributed by atoms with Crippen LogP contribution in [0.1, 0.15) is 17.5 Å². The Labute approximate surface area is 183 Å². The van der Waals surface area contributed by atoms with Crippen LogP contribution in [-0.2, 0) is 17.8 Å². The van der Waals surface area contributed by atoms with Crippen LogP contribution >= 0.6 is 35.6 Å². The van der Waals surface area contributed by atoms with E-state index in [0.717, 1.165) is 22.6 Å². The van der Waals surface area contributed by atoms with Crippen LogP contribution in [0.5, 0.6) is 0 Å². The lowest BCUT2D eigenvalue weighted by Gasteiger charge is -2.12. The molecule has 146 valence electrons. The molecule has 2 aromatic carbocycles. The maximum atomic E-state index is 11.9. The molecule has 0 unspecified atom stereocenters. The van der Waals surface area contributed by atoms with Gasteiger partial charge in [-0.05, 0) is 23.6 Å². The van der Waals surface area contributed by atoms with E-state index < -0.39 is 0 Å². The Kier molecular flexibility index (Phi) is 11.5. The van der Waals surface area contributed by atoms with Gasteiger partial charge in [0.25, 0.3) is 0 Å². The first kappa shape index (κ1) is 23.2. The van der Waals surface area contributed by atoms with Gasteiger partial charge in [-0.1, -0.05) is 60.1 Å². The Morgan fingerprint density at radius 1 is 0.963 bits per heavy atom. The molecule has 2 rings (SSSR count). The number of nitrogens with zero attached hydrogens (tertiary/aromatic N) is 1. The minimum Gasteiger partial charge on any atom is -0.356 e. The first-order valence-electron chi connectivity index (χ1n) is 8.67. The largest absolute Gasteiger partial charge is 0.356 e. The van der Waals surface area contributed by atoms with Gasteiger partial charge in [0, 0.05) is 38.1 Å². The molecule has 0 aliphatic carbocycles. The predicted octanol–water partition coefficient (Wildman–Crippen LogP) is 3.37. The SMILES string of the molecule is CN=C(NCCC(=O)NCc1ccccc1)NCCc1ccccc1Cl.I. The predicted molar refractivity (Wildman–Crippen MR) is 123 cm³/mol. The summed E-state index contributed by atoms with van der Waals surface area (Å²) in [5, 5.41) is 10.0. The van der Waals surface area contributed by atoms with Gasteiger partial charge in [-0.3, -0.25) is 9.79 Å². The standard InChI is InChI=1S/C20H25ClN4O.HI/c1-22-20(23-13-11-17-9-5-6-10-18(17)21)24-14-12-19(26)25-15-16-7-3-2-4-8-16;/h2-10H,11-15H2,1H3,(H,25,26)(H2,22,23,24);1H. The lowest BCUT2D eigenvalue weighted by molar-refractivity contribution is -0.121. The summed E-state index contributed by atoms with van der Waals surface area (Å²) in [6, 6.07) is 17.6. The number of carbonyl (C=O) groups is 1. The van der Waals surface area contributed by atoms with Crippen molar-refractivity contribution in [1.82, 2.24) is 16.0 Å². The molecular weight excluding hydrogens is 475 g/mol. The fourth-order valence-corrected chi connectivity index (χ4v) is 2.65. The molecule has 0 radical (unpaired) electrons. The first-order chi connectivity index (χ1) is 12.7. The van der Waals surface area contributed by atoms with Gasteiger partial charge in [0.2, 0.25) is 5.91 Å². The molecule has 0 atom stereocenters. The summed E-state index contributed by atoms with van der Waals surface area (Å²) in [7, 11) is 1.71. The Morgan fingerprint density at radius 2 is 1.63 bits per heavy atom. The molecule has 1 amide bonds. The normalized spacial score (nSPS) is 10.7. The summed E-state index contributed by atoms with van der Waals surface area (Å²) in [5.41, 5.74) is 2.18. The van der Waals surface area contributed by atoms with Gasteiger partial charge in [0.1, 0.15) is 0 Å². The van der Waals surface area contributed by atoms with Crippen molar-refractivity contribution >= 4 is 47.4 Å². The maximum absolute atomic E-state index is 11.9. The van der Waals surface area contributed by atoms with E-state index in [1.54, 1.807) is 7.05 Å². The van der Waals surface area contributed by atoms with Crippen LogP contribution in [0.3, 0.4) is 0 Å². The summed E-state index contributed by atoms with van der Waals surface area (Å²) in [4.78, 5) is 16.1. The lowest BCUT2D eigenvalue weighted by Crippen LogP contribution is -2.40. The van der Waals surface area contributed by atoms with Gasteiger partial charge in [-0.25, -0.2) is 0 Å². The van der Waals surface area contributed by atoms with Crippen molar-refractivity contribution in [2.24, 2.45) is 4.99 Å². The number of carbonyl (C=O) groups excluding carboxylic acids is 1. The second kappa shape index (κ2) is 13.4. The van der Waals surface area contributed by atoms with E-state index in [4.69, 9.17) is 11.6 Å². The van der Waals surface area contributed by atoms with Crippen LogP contribution in [0.4, 0.5) is 0 Å². The highest BCUT2D eigenvalue weighted by Gasteiger charge is 2.04. The molecule has 0 aliphatic rings. The minimum absolute atomic E-state index is 0. The monoisotopic (exact) mass is 500 g/mol. The Morgan fingerprint density at radius 3 is 2.33 bits per heavy atom. The second-order valence-electron chi connectivity index (χ2n) is 5.78. The molecule has 2 aromatic rings. The summed E-state index contributed by atoms with van der Waals surface area (Å²) in [6.07, 6.45) is 1.19. The second-order valence-corrected chi connectivity index (χ2v) is 6.19. The van der Waals surface area contributed by atoms with E-state index >= 15 is 0 Å². The molecule has 0 heterocycles. The number of benzene rings is 2. The van der Waals surface area contributed by atoms with Gasteiger partial charge < -0.3 is 16.0 Å². The van der Waals surface area contributed by atoms with Crippen LogP contribution in [0.25, 0.3) is 0 Å². The van der Waals surface area contributed by atoms with Gasteiger partial charge in [0.15, 0.2) is 5.96 Å². The fourth-order valence-electron chi connectivity index (χ4n) is 2.42. The van der Waals surface area contributed by atoms with Crippen LogP contribution < -0.4 is 16.0 Å². The number of nitrogens with one attached hydrogen (secondary N) is 3. The van der Waals surface area contributed by atoms with E-state index in [1.165, 1.54) is 0 Å². The number of hydrogen-bond donors (Lipinski definition) is 3. The van der Waals surface area contributed by atoms with Crippen LogP contribution in [-0.4, -0.2) is 32.0 Å². The average molecular weight is 501 g/mol. The fraction of sp³-hybridized carbons (Fsp3) is 0.300. The molecule has 0 saturated carbocycles. The molecule has 3 N–H and O–H groups in total. The van der Waals surface area contributed by atoms with Crippen molar-refractivity contribution in [2.75, 3.05) is 20.1 Å². The summed E-state index contributed by atoms with van der Waals surface area (Å²) < 4.78 is 0. The quantitative estimate of drug-likeness (QED) is 0.296. The molecule has 27 heavy (non-hydrogen) atoms. The highest BCUT2D eigenvalue weighted by Crippen LogP contribution is 2.14. The van der Waals surface area contributed by atoms with Crippen LogP contribution in [0.2, 0.25) is 5.02 Å². The molecule has 0 spiro atoms. The van der Waals surface area contributed by atoms with Crippen molar-refractivity contribution in [3.63, 3.8) is 0 Å². The number of guanidine groups is 1. The number of aliphatic imine (C=N–C) groups is 1. The summed E-state index contributed by atoms with van der Waals surface area (Å²) in [5.74, 6) is 0.681. The van der Waals surface area contributed by atoms with Crippen LogP contribution in [0.15, 0.2) is 59.6 Å². The third-order valence-electron chi connectivity index (χ3n) is 3.85.